The summed E-state index contributed by atoms with van der Waals surface area (Å²) in [6.45, 7) is 3.58. The van der Waals surface area contributed by atoms with Crippen molar-refractivity contribution in [1.82, 2.24) is 14.8 Å². The molecular formula is C29H29N3O5. The zero-order valence-electron chi connectivity index (χ0n) is 20.4. The van der Waals surface area contributed by atoms with Crippen LogP contribution in [0.15, 0.2) is 66.7 Å². The minimum atomic E-state index is -0.631. The summed E-state index contributed by atoms with van der Waals surface area (Å²) >= 11 is 0. The van der Waals surface area contributed by atoms with E-state index in [1.54, 1.807) is 12.2 Å². The monoisotopic (exact) mass is 499 g/mol. The fourth-order valence-electron chi connectivity index (χ4n) is 4.97. The number of fused-ring (bicyclic) bond motifs is 4. The maximum absolute atomic E-state index is 12.7. The number of nitrogens with zero attached hydrogens (tertiary/aromatic N) is 2. The Bertz CT molecular complexity index is 1450. The molecule has 1 amide bonds. The molecule has 1 atom stereocenters. The largest absolute Gasteiger partial charge is 0.490 e. The molecule has 0 bridgehead atoms. The number of aliphatic hydroxyl groups excluding tert-OH is 1. The number of H-pyrrole nitrogens is 1. The minimum absolute atomic E-state index is 0.0203. The molecular weight excluding hydrogens is 470 g/mol. The molecule has 37 heavy (non-hydrogen) atoms. The van der Waals surface area contributed by atoms with E-state index < -0.39 is 6.10 Å². The number of para-hydroxylation sites is 1. The maximum Gasteiger partial charge on any atom is 0.246 e. The average Bonchev–Trinajstić information content (AvgIpc) is 3.55. The normalized spacial score (nSPS) is 16.6. The average molecular weight is 500 g/mol. The van der Waals surface area contributed by atoms with Gasteiger partial charge in [0.25, 0.3) is 0 Å². The van der Waals surface area contributed by atoms with E-state index in [0.29, 0.717) is 38.5 Å². The standard InChI is InChI=1S/C29H29N3O5/c33-21(18-35-26-7-3-6-24-29(26)22-4-1-2-5-23(22)30-24)17-31-12-14-32(15-13-31)28(34)11-9-20-8-10-25-27(16-20)37-19-36-25/h1-11,16,21,30,33H,12-15,17-19H2/b11-9+. The molecule has 6 rings (SSSR count). The summed E-state index contributed by atoms with van der Waals surface area (Å²) in [5.74, 6) is 2.16. The van der Waals surface area contributed by atoms with Gasteiger partial charge in [0, 0.05) is 55.1 Å². The van der Waals surface area contributed by atoms with Gasteiger partial charge in [0.05, 0.1) is 5.52 Å². The highest BCUT2D eigenvalue weighted by molar-refractivity contribution is 6.10. The second-order valence-electron chi connectivity index (χ2n) is 9.39. The van der Waals surface area contributed by atoms with E-state index >= 15 is 0 Å². The number of benzene rings is 3. The predicted octanol–water partition coefficient (Wildman–Crippen LogP) is 3.65. The van der Waals surface area contributed by atoms with Crippen LogP contribution < -0.4 is 14.2 Å². The van der Waals surface area contributed by atoms with E-state index in [0.717, 1.165) is 38.9 Å². The molecule has 1 aromatic heterocycles. The molecule has 0 saturated carbocycles. The Hall–Kier alpha value is -4.01. The summed E-state index contributed by atoms with van der Waals surface area (Å²) in [6.07, 6.45) is 2.77. The Kier molecular flexibility index (Phi) is 6.42. The number of piperazine rings is 1. The summed E-state index contributed by atoms with van der Waals surface area (Å²) in [4.78, 5) is 20.1. The third kappa shape index (κ3) is 4.98. The SMILES string of the molecule is O=C(/C=C/c1ccc2c(c1)OCO2)N1CCN(CC(O)COc2cccc3[nH]c4ccccc4c23)CC1. The smallest absolute Gasteiger partial charge is 0.246 e. The fourth-order valence-corrected chi connectivity index (χ4v) is 4.97. The van der Waals surface area contributed by atoms with Crippen LogP contribution in [-0.4, -0.2) is 78.0 Å². The number of aromatic nitrogens is 1. The number of carbonyl (C=O) groups is 1. The first-order chi connectivity index (χ1) is 18.1. The second kappa shape index (κ2) is 10.2. The Morgan fingerprint density at radius 1 is 1.00 bits per heavy atom. The molecule has 3 aromatic carbocycles. The van der Waals surface area contributed by atoms with Crippen molar-refractivity contribution >= 4 is 33.8 Å². The highest BCUT2D eigenvalue weighted by Gasteiger charge is 2.22. The molecule has 8 heteroatoms. The fraction of sp³-hybridized carbons (Fsp3) is 0.276. The number of ether oxygens (including phenoxy) is 3. The third-order valence-electron chi connectivity index (χ3n) is 6.89. The Balaban J connectivity index is 0.993. The van der Waals surface area contributed by atoms with Gasteiger partial charge in [-0.3, -0.25) is 9.69 Å². The summed E-state index contributed by atoms with van der Waals surface area (Å²) < 4.78 is 16.8. The van der Waals surface area contributed by atoms with Crippen molar-refractivity contribution in [2.75, 3.05) is 46.1 Å². The van der Waals surface area contributed by atoms with Gasteiger partial charge in [-0.2, -0.15) is 0 Å². The number of β-amino-alcohol motifs (C(OH)–C–C–N with tert-alkyl or cyclic N) is 1. The van der Waals surface area contributed by atoms with Crippen LogP contribution in [0.2, 0.25) is 0 Å². The van der Waals surface area contributed by atoms with Crippen molar-refractivity contribution in [3.05, 3.63) is 72.3 Å². The van der Waals surface area contributed by atoms with Crippen LogP contribution in [0, 0.1) is 0 Å². The van der Waals surface area contributed by atoms with Crippen molar-refractivity contribution in [2.24, 2.45) is 0 Å². The third-order valence-corrected chi connectivity index (χ3v) is 6.89. The van der Waals surface area contributed by atoms with Gasteiger partial charge in [0.15, 0.2) is 11.5 Å². The molecule has 0 radical (unpaired) electrons. The summed E-state index contributed by atoms with van der Waals surface area (Å²) in [7, 11) is 0. The van der Waals surface area contributed by atoms with Crippen LogP contribution in [0.3, 0.4) is 0 Å². The van der Waals surface area contributed by atoms with Gasteiger partial charge in [-0.1, -0.05) is 30.3 Å². The van der Waals surface area contributed by atoms with Crippen LogP contribution in [0.25, 0.3) is 27.9 Å². The summed E-state index contributed by atoms with van der Waals surface area (Å²) in [6, 6.07) is 19.7. The highest BCUT2D eigenvalue weighted by Crippen LogP contribution is 2.34. The van der Waals surface area contributed by atoms with Gasteiger partial charge in [0.1, 0.15) is 18.5 Å². The molecule has 2 aliphatic rings. The summed E-state index contributed by atoms with van der Waals surface area (Å²) in [5.41, 5.74) is 2.97. The van der Waals surface area contributed by atoms with Crippen LogP contribution >= 0.6 is 0 Å². The topological polar surface area (TPSA) is 87.3 Å². The minimum Gasteiger partial charge on any atom is -0.490 e. The van der Waals surface area contributed by atoms with Crippen molar-refractivity contribution in [1.29, 1.82) is 0 Å². The number of nitrogens with one attached hydrogen (secondary N) is 1. The van der Waals surface area contributed by atoms with Gasteiger partial charge in [-0.05, 0) is 42.0 Å². The van der Waals surface area contributed by atoms with E-state index in [-0.39, 0.29) is 19.3 Å². The number of aromatic amines is 1. The number of amides is 1. The molecule has 2 N–H and O–H groups in total. The van der Waals surface area contributed by atoms with E-state index in [9.17, 15) is 9.90 Å². The molecule has 1 unspecified atom stereocenters. The van der Waals surface area contributed by atoms with Gasteiger partial charge in [-0.15, -0.1) is 0 Å². The summed E-state index contributed by atoms with van der Waals surface area (Å²) in [5, 5.41) is 12.8. The number of hydrogen-bond acceptors (Lipinski definition) is 6. The van der Waals surface area contributed by atoms with Crippen LogP contribution in [0.4, 0.5) is 0 Å². The first-order valence-electron chi connectivity index (χ1n) is 12.5. The van der Waals surface area contributed by atoms with Gasteiger partial charge < -0.3 is 29.2 Å². The molecule has 0 aliphatic carbocycles. The molecule has 1 saturated heterocycles. The quantitative estimate of drug-likeness (QED) is 0.378. The van der Waals surface area contributed by atoms with Crippen LogP contribution in [-0.2, 0) is 4.79 Å². The first-order valence-corrected chi connectivity index (χ1v) is 12.5. The van der Waals surface area contributed by atoms with Crippen molar-refractivity contribution in [2.45, 2.75) is 6.10 Å². The van der Waals surface area contributed by atoms with E-state index in [1.807, 2.05) is 59.5 Å². The van der Waals surface area contributed by atoms with E-state index in [4.69, 9.17) is 14.2 Å². The zero-order chi connectivity index (χ0) is 25.2. The Morgan fingerprint density at radius 3 is 2.70 bits per heavy atom. The molecule has 1 fully saturated rings. The number of rotatable bonds is 7. The van der Waals surface area contributed by atoms with Gasteiger partial charge in [0.2, 0.25) is 12.7 Å². The number of aliphatic hydroxyl groups is 1. The van der Waals surface area contributed by atoms with Crippen molar-refractivity contribution in [3.8, 4) is 17.2 Å². The Morgan fingerprint density at radius 2 is 1.81 bits per heavy atom. The highest BCUT2D eigenvalue weighted by atomic mass is 16.7. The molecule has 8 nitrogen and oxygen atoms in total. The lowest BCUT2D eigenvalue weighted by Crippen LogP contribution is -2.50. The first kappa shape index (κ1) is 23.4. The number of hydrogen-bond donors (Lipinski definition) is 2. The lowest BCUT2D eigenvalue weighted by atomic mass is 10.1. The van der Waals surface area contributed by atoms with Crippen LogP contribution in [0.1, 0.15) is 5.56 Å². The van der Waals surface area contributed by atoms with Gasteiger partial charge >= 0.3 is 0 Å². The molecule has 190 valence electrons. The van der Waals surface area contributed by atoms with E-state index in [2.05, 4.69) is 16.0 Å². The second-order valence-corrected chi connectivity index (χ2v) is 9.39. The molecule has 4 aromatic rings. The number of carbonyl (C=O) groups excluding carboxylic acids is 1. The van der Waals surface area contributed by atoms with Crippen molar-refractivity contribution < 1.29 is 24.1 Å². The lowest BCUT2D eigenvalue weighted by Gasteiger charge is -2.35. The van der Waals surface area contributed by atoms with E-state index in [1.165, 1.54) is 0 Å². The predicted molar refractivity (Wildman–Crippen MR) is 142 cm³/mol. The molecule has 0 spiro atoms. The maximum atomic E-state index is 12.7. The Labute approximate surface area is 214 Å². The lowest BCUT2D eigenvalue weighted by molar-refractivity contribution is -0.127. The van der Waals surface area contributed by atoms with Crippen molar-refractivity contribution in [3.63, 3.8) is 0 Å². The molecule has 2 aliphatic heterocycles. The molecule has 3 heterocycles. The van der Waals surface area contributed by atoms with Gasteiger partial charge in [-0.25, -0.2) is 0 Å². The van der Waals surface area contributed by atoms with Crippen LogP contribution in [0.5, 0.6) is 17.2 Å². The zero-order valence-corrected chi connectivity index (χ0v) is 20.4.